The molecule has 2 aromatic rings. The molecule has 0 aliphatic heterocycles. The Morgan fingerprint density at radius 1 is 1.38 bits per heavy atom. The number of aryl methyl sites for hydroxylation is 1. The van der Waals surface area contributed by atoms with Crippen molar-refractivity contribution in [3.8, 4) is 0 Å². The quantitative estimate of drug-likeness (QED) is 0.658. The SMILES string of the molecule is Cc1[nH]c2ccccc2c1CCNC(=O)NC(C)(CO)C1CCC1. The number of para-hydroxylation sites is 1. The van der Waals surface area contributed by atoms with E-state index in [0.29, 0.717) is 12.5 Å². The zero-order valence-electron chi connectivity index (χ0n) is 14.5. The van der Waals surface area contributed by atoms with Gasteiger partial charge in [0, 0.05) is 23.1 Å². The standard InChI is InChI=1S/C19H27N3O2/c1-13-15(16-8-3-4-9-17(16)21-13)10-11-20-18(24)22-19(2,12-23)14-6-5-7-14/h3-4,8-9,14,21,23H,5-7,10-12H2,1-2H3,(H2,20,22,24). The summed E-state index contributed by atoms with van der Waals surface area (Å²) in [6.07, 6.45) is 4.11. The number of aromatic nitrogens is 1. The number of aliphatic hydroxyl groups is 1. The molecule has 130 valence electrons. The summed E-state index contributed by atoms with van der Waals surface area (Å²) in [7, 11) is 0. The molecule has 0 saturated heterocycles. The molecule has 3 rings (SSSR count). The van der Waals surface area contributed by atoms with Gasteiger partial charge in [-0.25, -0.2) is 4.79 Å². The predicted molar refractivity (Wildman–Crippen MR) is 96.1 cm³/mol. The van der Waals surface area contributed by atoms with Gasteiger partial charge in [-0.3, -0.25) is 0 Å². The number of benzene rings is 1. The highest BCUT2D eigenvalue weighted by Crippen LogP contribution is 2.35. The van der Waals surface area contributed by atoms with Gasteiger partial charge in [-0.15, -0.1) is 0 Å². The van der Waals surface area contributed by atoms with Crippen LogP contribution in [0.15, 0.2) is 24.3 Å². The van der Waals surface area contributed by atoms with Crippen LogP contribution in [-0.2, 0) is 6.42 Å². The molecule has 1 aromatic carbocycles. The number of hydrogen-bond acceptors (Lipinski definition) is 2. The van der Waals surface area contributed by atoms with Crippen LogP contribution < -0.4 is 10.6 Å². The number of amides is 2. The third-order valence-electron chi connectivity index (χ3n) is 5.42. The highest BCUT2D eigenvalue weighted by atomic mass is 16.3. The zero-order valence-corrected chi connectivity index (χ0v) is 14.5. The van der Waals surface area contributed by atoms with E-state index >= 15 is 0 Å². The normalized spacial score (nSPS) is 17.3. The Labute approximate surface area is 142 Å². The smallest absolute Gasteiger partial charge is 0.315 e. The third kappa shape index (κ3) is 3.26. The van der Waals surface area contributed by atoms with Crippen LogP contribution in [0.25, 0.3) is 10.9 Å². The second kappa shape index (κ2) is 6.85. The Balaban J connectivity index is 1.55. The van der Waals surface area contributed by atoms with Crippen molar-refractivity contribution in [2.24, 2.45) is 5.92 Å². The van der Waals surface area contributed by atoms with E-state index < -0.39 is 5.54 Å². The van der Waals surface area contributed by atoms with Gasteiger partial charge in [0.25, 0.3) is 0 Å². The molecule has 0 bridgehead atoms. The fourth-order valence-corrected chi connectivity index (χ4v) is 3.58. The summed E-state index contributed by atoms with van der Waals surface area (Å²) in [4.78, 5) is 15.6. The number of aromatic amines is 1. The highest BCUT2D eigenvalue weighted by Gasteiger charge is 2.38. The maximum Gasteiger partial charge on any atom is 0.315 e. The second-order valence-corrected chi connectivity index (χ2v) is 7.11. The highest BCUT2D eigenvalue weighted by molar-refractivity contribution is 5.84. The minimum absolute atomic E-state index is 0.0212. The second-order valence-electron chi connectivity index (χ2n) is 7.11. The fraction of sp³-hybridized carbons (Fsp3) is 0.526. The number of nitrogens with one attached hydrogen (secondary N) is 3. The molecule has 1 heterocycles. The summed E-state index contributed by atoms with van der Waals surface area (Å²) < 4.78 is 0. The summed E-state index contributed by atoms with van der Waals surface area (Å²) in [5.41, 5.74) is 3.01. The minimum Gasteiger partial charge on any atom is -0.394 e. The number of H-pyrrole nitrogens is 1. The van der Waals surface area contributed by atoms with Crippen molar-refractivity contribution in [3.63, 3.8) is 0 Å². The van der Waals surface area contributed by atoms with Crippen molar-refractivity contribution >= 4 is 16.9 Å². The predicted octanol–water partition coefficient (Wildman–Crippen LogP) is 2.87. The lowest BCUT2D eigenvalue weighted by atomic mass is 9.72. The number of carbonyl (C=O) groups excluding carboxylic acids is 1. The molecule has 5 nitrogen and oxygen atoms in total. The summed E-state index contributed by atoms with van der Waals surface area (Å²) in [6.45, 7) is 4.54. The number of hydrogen-bond donors (Lipinski definition) is 4. The molecule has 1 unspecified atom stereocenters. The lowest BCUT2D eigenvalue weighted by Gasteiger charge is -2.42. The topological polar surface area (TPSA) is 77.2 Å². The number of fused-ring (bicyclic) bond motifs is 1. The van der Waals surface area contributed by atoms with Crippen LogP contribution in [0.5, 0.6) is 0 Å². The van der Waals surface area contributed by atoms with Crippen molar-refractivity contribution in [3.05, 3.63) is 35.5 Å². The van der Waals surface area contributed by atoms with Crippen LogP contribution in [0.2, 0.25) is 0 Å². The minimum atomic E-state index is -0.515. The molecule has 5 heteroatoms. The van der Waals surface area contributed by atoms with E-state index in [1.165, 1.54) is 17.4 Å². The molecule has 0 spiro atoms. The monoisotopic (exact) mass is 329 g/mol. The molecule has 1 aromatic heterocycles. The summed E-state index contributed by atoms with van der Waals surface area (Å²) in [5, 5.41) is 16.8. The number of aliphatic hydroxyl groups excluding tert-OH is 1. The lowest BCUT2D eigenvalue weighted by Crippen LogP contribution is -2.58. The molecule has 4 N–H and O–H groups in total. The number of urea groups is 1. The molecule has 1 atom stereocenters. The summed E-state index contributed by atoms with van der Waals surface area (Å²) in [6, 6.07) is 8.02. The van der Waals surface area contributed by atoms with Gasteiger partial charge in [-0.05, 0) is 50.7 Å². The van der Waals surface area contributed by atoms with E-state index in [0.717, 1.165) is 30.5 Å². The van der Waals surface area contributed by atoms with Crippen LogP contribution in [-0.4, -0.2) is 34.8 Å². The van der Waals surface area contributed by atoms with Crippen molar-refractivity contribution in [1.82, 2.24) is 15.6 Å². The molecule has 1 aliphatic carbocycles. The molecule has 1 aliphatic rings. The Hall–Kier alpha value is -2.01. The Bertz CT molecular complexity index is 720. The van der Waals surface area contributed by atoms with E-state index in [9.17, 15) is 9.90 Å². The van der Waals surface area contributed by atoms with Gasteiger partial charge in [0.15, 0.2) is 0 Å². The van der Waals surface area contributed by atoms with Gasteiger partial charge >= 0.3 is 6.03 Å². The molecule has 1 saturated carbocycles. The molecule has 1 fully saturated rings. The largest absolute Gasteiger partial charge is 0.394 e. The summed E-state index contributed by atoms with van der Waals surface area (Å²) >= 11 is 0. The first-order valence-corrected chi connectivity index (χ1v) is 8.76. The fourth-order valence-electron chi connectivity index (χ4n) is 3.58. The Kier molecular flexibility index (Phi) is 4.81. The van der Waals surface area contributed by atoms with Gasteiger partial charge < -0.3 is 20.7 Å². The third-order valence-corrected chi connectivity index (χ3v) is 5.42. The van der Waals surface area contributed by atoms with E-state index in [1.54, 1.807) is 0 Å². The number of carbonyl (C=O) groups is 1. The van der Waals surface area contributed by atoms with Crippen LogP contribution in [0, 0.1) is 12.8 Å². The van der Waals surface area contributed by atoms with Crippen LogP contribution >= 0.6 is 0 Å². The average molecular weight is 329 g/mol. The van der Waals surface area contributed by atoms with E-state index in [2.05, 4.69) is 34.7 Å². The van der Waals surface area contributed by atoms with Crippen molar-refractivity contribution < 1.29 is 9.90 Å². The number of rotatable bonds is 6. The zero-order chi connectivity index (χ0) is 17.2. The first-order valence-electron chi connectivity index (χ1n) is 8.76. The summed E-state index contributed by atoms with van der Waals surface area (Å²) in [5.74, 6) is 0.379. The molecule has 24 heavy (non-hydrogen) atoms. The molecule has 2 amide bonds. The first-order chi connectivity index (χ1) is 11.5. The molecular weight excluding hydrogens is 302 g/mol. The van der Waals surface area contributed by atoms with Crippen molar-refractivity contribution in [2.45, 2.75) is 45.1 Å². The van der Waals surface area contributed by atoms with E-state index in [1.807, 2.05) is 19.1 Å². The Morgan fingerprint density at radius 2 is 2.12 bits per heavy atom. The van der Waals surface area contributed by atoms with Gasteiger partial charge in [0.2, 0.25) is 0 Å². The lowest BCUT2D eigenvalue weighted by molar-refractivity contribution is 0.0805. The van der Waals surface area contributed by atoms with Gasteiger partial charge in [-0.2, -0.15) is 0 Å². The van der Waals surface area contributed by atoms with Crippen molar-refractivity contribution in [2.75, 3.05) is 13.2 Å². The van der Waals surface area contributed by atoms with Crippen molar-refractivity contribution in [1.29, 1.82) is 0 Å². The Morgan fingerprint density at radius 3 is 2.79 bits per heavy atom. The first kappa shape index (κ1) is 16.8. The van der Waals surface area contributed by atoms with E-state index in [4.69, 9.17) is 0 Å². The van der Waals surface area contributed by atoms with Gasteiger partial charge in [0.1, 0.15) is 0 Å². The molecular formula is C19H27N3O2. The van der Waals surface area contributed by atoms with Crippen LogP contribution in [0.3, 0.4) is 0 Å². The maximum atomic E-state index is 12.2. The van der Waals surface area contributed by atoms with Gasteiger partial charge in [-0.1, -0.05) is 24.6 Å². The van der Waals surface area contributed by atoms with Crippen LogP contribution in [0.1, 0.15) is 37.4 Å². The molecule has 0 radical (unpaired) electrons. The maximum absolute atomic E-state index is 12.2. The van der Waals surface area contributed by atoms with E-state index in [-0.39, 0.29) is 12.6 Å². The van der Waals surface area contributed by atoms with Crippen LogP contribution in [0.4, 0.5) is 4.79 Å². The van der Waals surface area contributed by atoms with Gasteiger partial charge in [0.05, 0.1) is 12.1 Å². The average Bonchev–Trinajstić information content (AvgIpc) is 2.81.